The minimum atomic E-state index is -3.17. The number of thioether (sulfide) groups is 1. The fraction of sp³-hybridized carbons (Fsp3) is 0.212. The lowest BCUT2D eigenvalue weighted by Crippen LogP contribution is -2.67. The number of esters is 1. The van der Waals surface area contributed by atoms with E-state index in [1.807, 2.05) is 72.8 Å². The Morgan fingerprint density at radius 3 is 1.38 bits per heavy atom. The zero-order chi connectivity index (χ0) is 42.4. The van der Waals surface area contributed by atoms with Crippen LogP contribution in [0.25, 0.3) is 0 Å². The number of hydrogen-bond acceptors (Lipinski definition) is 5. The van der Waals surface area contributed by atoms with Crippen LogP contribution in [0.2, 0.25) is 18.1 Å². The second-order valence-corrected chi connectivity index (χ2v) is 26.0. The van der Waals surface area contributed by atoms with Gasteiger partial charge in [0.25, 0.3) is 0 Å². The van der Waals surface area contributed by atoms with Crippen molar-refractivity contribution in [2.45, 2.75) is 49.0 Å². The Morgan fingerprint density at radius 1 is 0.667 bits per heavy atom. The zero-order valence-corrected chi connectivity index (χ0v) is 37.8. The summed E-state index contributed by atoms with van der Waals surface area (Å²) in [6.07, 6.45) is 1.58. The Hall–Kier alpha value is -5.17. The third-order valence-electron chi connectivity index (χ3n) is 11.9. The first kappa shape index (κ1) is 42.9. The van der Waals surface area contributed by atoms with Gasteiger partial charge in [0, 0.05) is 13.5 Å². The lowest BCUT2D eigenvalue weighted by molar-refractivity contribution is -0.148. The maximum Gasteiger partial charge on any atom is 0.356 e. The molecular weight excluding hydrogens is 794 g/mol. The SMILES string of the molecule is C=CCOC(=O)C(N1C(=O)[C@H](CO[Si](C)(C)C(C)(C)C)[C@H]1SC(c1ccccc1)(c1ccccc1)c1ccccc1)=P(c1ccccc1)(c1ccccc1)c1ccccc1. The van der Waals surface area contributed by atoms with Gasteiger partial charge in [-0.3, -0.25) is 9.69 Å². The second kappa shape index (κ2) is 18.2. The summed E-state index contributed by atoms with van der Waals surface area (Å²) >= 11 is 1.70. The molecule has 0 spiro atoms. The van der Waals surface area contributed by atoms with Crippen LogP contribution in [-0.2, 0) is 23.5 Å². The average molecular weight is 848 g/mol. The summed E-state index contributed by atoms with van der Waals surface area (Å²) in [6, 6.07) is 62.0. The van der Waals surface area contributed by atoms with E-state index < -0.39 is 37.2 Å². The van der Waals surface area contributed by atoms with E-state index in [-0.39, 0.29) is 24.2 Å². The number of likely N-dealkylation sites (tertiary alicyclic amines) is 1. The molecule has 2 atom stereocenters. The lowest BCUT2D eigenvalue weighted by atomic mass is 9.84. The molecule has 0 N–H and O–H groups in total. The molecule has 0 unspecified atom stereocenters. The van der Waals surface area contributed by atoms with Crippen LogP contribution in [0, 0.1) is 5.92 Å². The molecule has 1 fully saturated rings. The summed E-state index contributed by atoms with van der Waals surface area (Å²) in [5, 5.41) is 2.16. The zero-order valence-electron chi connectivity index (χ0n) is 35.1. The van der Waals surface area contributed by atoms with Crippen LogP contribution in [0.1, 0.15) is 37.5 Å². The maximum atomic E-state index is 15.6. The molecule has 6 aromatic rings. The molecule has 0 radical (unpaired) electrons. The normalized spacial score (nSPS) is 15.8. The van der Waals surface area contributed by atoms with Crippen molar-refractivity contribution in [3.63, 3.8) is 0 Å². The fourth-order valence-electron chi connectivity index (χ4n) is 7.82. The molecular formula is C52H54NO4PSSi. The van der Waals surface area contributed by atoms with E-state index >= 15 is 9.59 Å². The van der Waals surface area contributed by atoms with Gasteiger partial charge in [0.1, 0.15) is 12.0 Å². The number of hydrogen-bond donors (Lipinski definition) is 0. The molecule has 0 aromatic heterocycles. The first-order valence-corrected chi connectivity index (χ1v) is 26.1. The first-order valence-electron chi connectivity index (χ1n) is 20.5. The topological polar surface area (TPSA) is 55.8 Å². The van der Waals surface area contributed by atoms with E-state index in [2.05, 4.69) is 150 Å². The van der Waals surface area contributed by atoms with Crippen LogP contribution in [0.5, 0.6) is 0 Å². The van der Waals surface area contributed by atoms with Crippen molar-refractivity contribution in [1.82, 2.24) is 4.90 Å². The Morgan fingerprint density at radius 2 is 1.03 bits per heavy atom. The van der Waals surface area contributed by atoms with Crippen molar-refractivity contribution in [1.29, 1.82) is 0 Å². The predicted octanol–water partition coefficient (Wildman–Crippen LogP) is 10.4. The van der Waals surface area contributed by atoms with Gasteiger partial charge in [-0.05, 0) is 50.7 Å². The van der Waals surface area contributed by atoms with Crippen LogP contribution in [-0.4, -0.2) is 49.1 Å². The highest BCUT2D eigenvalue weighted by Crippen LogP contribution is 2.57. The van der Waals surface area contributed by atoms with Crippen LogP contribution in [0.3, 0.4) is 0 Å². The summed E-state index contributed by atoms with van der Waals surface area (Å²) in [7, 11) is -2.33. The predicted molar refractivity (Wildman–Crippen MR) is 255 cm³/mol. The highest BCUT2D eigenvalue weighted by molar-refractivity contribution is 8.01. The van der Waals surface area contributed by atoms with Gasteiger partial charge >= 0.3 is 5.97 Å². The van der Waals surface area contributed by atoms with E-state index in [0.29, 0.717) is 5.42 Å². The molecule has 7 rings (SSSR count). The van der Waals surface area contributed by atoms with E-state index in [9.17, 15) is 0 Å². The molecule has 306 valence electrons. The third kappa shape index (κ3) is 8.04. The summed E-state index contributed by atoms with van der Waals surface area (Å²) < 4.78 is 12.3. The van der Waals surface area contributed by atoms with Gasteiger partial charge in [0.15, 0.2) is 8.32 Å². The minimum Gasteiger partial charge on any atom is -0.457 e. The molecule has 0 saturated carbocycles. The molecule has 60 heavy (non-hydrogen) atoms. The number of nitrogens with zero attached hydrogens (tertiary/aromatic N) is 1. The smallest absolute Gasteiger partial charge is 0.356 e. The summed E-state index contributed by atoms with van der Waals surface area (Å²) in [5.41, 5.74) is 3.51. The number of benzene rings is 6. The summed E-state index contributed by atoms with van der Waals surface area (Å²) in [6.45, 7) is 12.0. The van der Waals surface area contributed by atoms with E-state index in [1.54, 1.807) is 22.7 Å². The third-order valence-corrected chi connectivity index (χ3v) is 22.5. The molecule has 1 aliphatic rings. The maximum absolute atomic E-state index is 15.6. The van der Waals surface area contributed by atoms with Crippen molar-refractivity contribution in [2.24, 2.45) is 5.92 Å². The Bertz CT molecular complexity index is 2240. The number of β-lactam (4-membered cyclic amide) rings is 1. The number of amides is 1. The van der Waals surface area contributed by atoms with E-state index in [4.69, 9.17) is 9.16 Å². The number of rotatable bonds is 15. The van der Waals surface area contributed by atoms with Gasteiger partial charge in [0.2, 0.25) is 5.91 Å². The van der Waals surface area contributed by atoms with Gasteiger partial charge in [-0.1, -0.05) is 215 Å². The Balaban J connectivity index is 1.59. The number of ether oxygens (including phenoxy) is 1. The van der Waals surface area contributed by atoms with Crippen LogP contribution < -0.4 is 15.9 Å². The Kier molecular flexibility index (Phi) is 13.0. The quantitative estimate of drug-likeness (QED) is 0.0257. The Labute approximate surface area is 361 Å². The monoisotopic (exact) mass is 847 g/mol. The standard InChI is InChI=1S/C52H54NO4PSSi/c1-7-38-56-50(55)48(58(43-32-20-11-21-33-43,44-34-22-12-23-35-44)45-36-24-13-25-37-45)53-47(54)46(39-57-60(5,6)51(2,3)4)49(53)59-52(40-26-14-8-15-27-40,41-28-16-9-17-29-41)42-30-18-10-19-31-42/h7-37,46,49H,1,38-39H2,2-6H3/t46-,49+/m0/s1. The van der Waals surface area contributed by atoms with Crippen molar-refractivity contribution in [2.75, 3.05) is 13.2 Å². The molecule has 1 heterocycles. The summed E-state index contributed by atoms with van der Waals surface area (Å²) in [5.74, 6) is -1.29. The van der Waals surface area contributed by atoms with Gasteiger partial charge in [-0.2, -0.15) is 0 Å². The van der Waals surface area contributed by atoms with Gasteiger partial charge in [-0.15, -0.1) is 11.8 Å². The molecule has 0 bridgehead atoms. The molecule has 5 nitrogen and oxygen atoms in total. The summed E-state index contributed by atoms with van der Waals surface area (Å²) in [4.78, 5) is 32.8. The van der Waals surface area contributed by atoms with Crippen LogP contribution in [0.15, 0.2) is 195 Å². The van der Waals surface area contributed by atoms with Gasteiger partial charge in [-0.25, -0.2) is 4.79 Å². The van der Waals surface area contributed by atoms with Gasteiger partial charge in [0.05, 0.1) is 16.0 Å². The van der Waals surface area contributed by atoms with Crippen molar-refractivity contribution in [3.8, 4) is 0 Å². The molecule has 0 aliphatic carbocycles. The van der Waals surface area contributed by atoms with Gasteiger partial charge < -0.3 is 9.16 Å². The largest absolute Gasteiger partial charge is 0.457 e. The molecule has 8 heteroatoms. The molecule has 6 aromatic carbocycles. The number of carbonyl (C=O) groups is 2. The lowest BCUT2D eigenvalue weighted by Gasteiger charge is -2.53. The van der Waals surface area contributed by atoms with Crippen molar-refractivity contribution < 1.29 is 18.8 Å². The van der Waals surface area contributed by atoms with Crippen molar-refractivity contribution in [3.05, 3.63) is 211 Å². The van der Waals surface area contributed by atoms with E-state index in [0.717, 1.165) is 32.6 Å². The minimum absolute atomic E-state index is 0.0135. The molecule has 1 saturated heterocycles. The van der Waals surface area contributed by atoms with Crippen LogP contribution in [0.4, 0.5) is 0 Å². The highest BCUT2D eigenvalue weighted by Gasteiger charge is 2.58. The number of carbonyl (C=O) groups excluding carboxylic acids is 2. The molecule has 1 amide bonds. The van der Waals surface area contributed by atoms with Crippen LogP contribution >= 0.6 is 18.6 Å². The molecule has 1 aliphatic heterocycles. The van der Waals surface area contributed by atoms with E-state index in [1.165, 1.54) is 0 Å². The second-order valence-electron chi connectivity index (χ2n) is 16.6. The average Bonchev–Trinajstić information content (AvgIpc) is 3.28. The first-order chi connectivity index (χ1) is 29.0. The highest BCUT2D eigenvalue weighted by atomic mass is 32.2. The van der Waals surface area contributed by atoms with Crippen molar-refractivity contribution >= 4 is 60.2 Å². The fourth-order valence-corrected chi connectivity index (χ4v) is 15.2.